The van der Waals surface area contributed by atoms with Crippen molar-refractivity contribution in [1.82, 2.24) is 0 Å². The predicted octanol–water partition coefficient (Wildman–Crippen LogP) is 1.90. The largest absolute Gasteiger partial charge is 0.486 e. The molecule has 0 fully saturated rings. The molecule has 0 rings (SSSR count). The first-order chi connectivity index (χ1) is 4.18. The Balaban J connectivity index is 3.78. The average Bonchev–Trinajstić information content (AvgIpc) is 1.89. The molecule has 0 aliphatic rings. The van der Waals surface area contributed by atoms with E-state index in [1.807, 2.05) is 0 Å². The van der Waals surface area contributed by atoms with Crippen LogP contribution < -0.4 is 0 Å². The maximum absolute atomic E-state index is 10.8. The number of hydrogen-bond donors (Lipinski definition) is 1. The molecule has 4 nitrogen and oxygen atoms in total. The van der Waals surface area contributed by atoms with E-state index < -0.39 is 7.82 Å². The lowest BCUT2D eigenvalue weighted by Crippen LogP contribution is -1.86. The van der Waals surface area contributed by atoms with Crippen molar-refractivity contribution in [2.75, 3.05) is 14.2 Å². The van der Waals surface area contributed by atoms with Gasteiger partial charge in [0, 0.05) is 14.2 Å². The van der Waals surface area contributed by atoms with Crippen molar-refractivity contribution in [3.05, 3.63) is 0 Å². The van der Waals surface area contributed by atoms with Crippen LogP contribution in [0.2, 0.25) is 0 Å². The topological polar surface area (TPSA) is 44.8 Å². The molecular weight excluding hydrogens is 183 g/mol. The molecular formula is C2H7O4PS2. The van der Waals surface area contributed by atoms with Gasteiger partial charge in [0.05, 0.1) is 11.1 Å². The van der Waals surface area contributed by atoms with Gasteiger partial charge in [0.25, 0.3) is 0 Å². The molecule has 0 atom stereocenters. The molecule has 7 heteroatoms. The van der Waals surface area contributed by atoms with Gasteiger partial charge in [-0.2, -0.15) is 0 Å². The van der Waals surface area contributed by atoms with E-state index in [4.69, 9.17) is 0 Å². The number of phosphoric ester groups is 1. The molecule has 0 heterocycles. The first kappa shape index (κ1) is 9.81. The Bertz CT molecular complexity index is 109. The zero-order valence-corrected chi connectivity index (χ0v) is 7.54. The summed E-state index contributed by atoms with van der Waals surface area (Å²) in [6, 6.07) is 0. The van der Waals surface area contributed by atoms with Crippen molar-refractivity contribution in [1.29, 1.82) is 0 Å². The van der Waals surface area contributed by atoms with Gasteiger partial charge in [-0.3, -0.25) is 9.05 Å². The molecule has 56 valence electrons. The fourth-order valence-electron chi connectivity index (χ4n) is 0.176. The first-order valence-corrected chi connectivity index (χ1v) is 5.15. The highest BCUT2D eigenvalue weighted by Crippen LogP contribution is 2.51. The van der Waals surface area contributed by atoms with Crippen molar-refractivity contribution in [2.24, 2.45) is 0 Å². The van der Waals surface area contributed by atoms with Crippen LogP contribution in [0, 0.1) is 0 Å². The van der Waals surface area contributed by atoms with Crippen LogP contribution >= 0.6 is 30.6 Å². The van der Waals surface area contributed by atoms with Crippen LogP contribution in [0.25, 0.3) is 0 Å². The van der Waals surface area contributed by atoms with E-state index in [-0.39, 0.29) is 0 Å². The maximum Gasteiger partial charge on any atom is 0.486 e. The summed E-state index contributed by atoms with van der Waals surface area (Å²) in [6.45, 7) is 0. The van der Waals surface area contributed by atoms with Crippen molar-refractivity contribution < 1.29 is 17.6 Å². The molecule has 0 saturated carbocycles. The lowest BCUT2D eigenvalue weighted by Gasteiger charge is -2.08. The summed E-state index contributed by atoms with van der Waals surface area (Å²) in [4.78, 5) is 0. The summed E-state index contributed by atoms with van der Waals surface area (Å²) in [7, 11) is -0.834. The van der Waals surface area contributed by atoms with Crippen LogP contribution in [0.15, 0.2) is 0 Å². The second-order valence-electron chi connectivity index (χ2n) is 0.961. The van der Waals surface area contributed by atoms with Crippen LogP contribution in [0.5, 0.6) is 0 Å². The molecule has 0 aromatic carbocycles. The van der Waals surface area contributed by atoms with E-state index in [2.05, 4.69) is 24.7 Å². The molecule has 0 radical (unpaired) electrons. The molecule has 9 heavy (non-hydrogen) atoms. The van der Waals surface area contributed by atoms with Gasteiger partial charge >= 0.3 is 7.82 Å². The first-order valence-electron chi connectivity index (χ1n) is 1.90. The molecule has 0 unspecified atom stereocenters. The van der Waals surface area contributed by atoms with Gasteiger partial charge in [-0.05, 0) is 0 Å². The molecule has 0 amide bonds. The SMILES string of the molecule is COP(=O)(OC)OSS. The number of thiol groups is 1. The van der Waals surface area contributed by atoms with Crippen molar-refractivity contribution in [3.63, 3.8) is 0 Å². The van der Waals surface area contributed by atoms with Crippen LogP contribution in [0.1, 0.15) is 0 Å². The summed E-state index contributed by atoms with van der Waals surface area (Å²) in [5.74, 6) is 0. The summed E-state index contributed by atoms with van der Waals surface area (Å²) >= 11 is 4.22. The van der Waals surface area contributed by atoms with Crippen LogP contribution in [-0.4, -0.2) is 14.2 Å². The van der Waals surface area contributed by atoms with Crippen LogP contribution in [-0.2, 0) is 17.6 Å². The fraction of sp³-hybridized carbons (Fsp3) is 1.00. The van der Waals surface area contributed by atoms with Gasteiger partial charge in [-0.15, -0.1) is 0 Å². The van der Waals surface area contributed by atoms with Crippen molar-refractivity contribution in [2.45, 2.75) is 0 Å². The predicted molar refractivity (Wildman–Crippen MR) is 39.3 cm³/mol. The second kappa shape index (κ2) is 4.60. The Kier molecular flexibility index (Phi) is 5.01. The Hall–Kier alpha value is 0.810. The average molecular weight is 190 g/mol. The number of rotatable bonds is 4. The minimum atomic E-state index is -3.29. The summed E-state index contributed by atoms with van der Waals surface area (Å²) in [5, 5.41) is 0. The smallest absolute Gasteiger partial charge is 0.290 e. The summed E-state index contributed by atoms with van der Waals surface area (Å²) in [6.07, 6.45) is 0. The quantitative estimate of drug-likeness (QED) is 0.317. The lowest BCUT2D eigenvalue weighted by molar-refractivity contribution is 0.222. The Morgan fingerprint density at radius 1 is 1.44 bits per heavy atom. The van der Waals surface area contributed by atoms with E-state index in [1.54, 1.807) is 0 Å². The molecule has 0 spiro atoms. The molecule has 0 bridgehead atoms. The standard InChI is InChI=1S/C2H7O4PS2/c1-4-7(3,5-2)6-9-8/h8H,1-2H3. The van der Waals surface area contributed by atoms with Crippen LogP contribution in [0.3, 0.4) is 0 Å². The third-order valence-corrected chi connectivity index (χ3v) is 3.06. The normalized spacial score (nSPS) is 11.9. The third kappa shape index (κ3) is 3.50. The Morgan fingerprint density at radius 2 is 1.89 bits per heavy atom. The van der Waals surface area contributed by atoms with Gasteiger partial charge < -0.3 is 0 Å². The molecule has 0 saturated heterocycles. The molecule has 0 aromatic heterocycles. The fourth-order valence-corrected chi connectivity index (χ4v) is 1.87. The van der Waals surface area contributed by atoms with Gasteiger partial charge in [-0.25, -0.2) is 8.54 Å². The van der Waals surface area contributed by atoms with Crippen LogP contribution in [0.4, 0.5) is 0 Å². The van der Waals surface area contributed by atoms with E-state index >= 15 is 0 Å². The highest BCUT2D eigenvalue weighted by atomic mass is 33.1. The summed E-state index contributed by atoms with van der Waals surface area (Å²) < 4.78 is 24.0. The van der Waals surface area contributed by atoms with Crippen molar-refractivity contribution in [3.8, 4) is 0 Å². The lowest BCUT2D eigenvalue weighted by atomic mass is 11.8. The van der Waals surface area contributed by atoms with E-state index in [1.165, 1.54) is 14.2 Å². The molecule has 0 aliphatic heterocycles. The Labute approximate surface area is 62.9 Å². The monoisotopic (exact) mass is 190 g/mol. The highest BCUT2D eigenvalue weighted by Gasteiger charge is 2.22. The maximum atomic E-state index is 10.8. The zero-order valence-electron chi connectivity index (χ0n) is 4.94. The molecule has 0 aromatic rings. The third-order valence-electron chi connectivity index (χ3n) is 0.572. The van der Waals surface area contributed by atoms with E-state index in [0.717, 1.165) is 0 Å². The summed E-state index contributed by atoms with van der Waals surface area (Å²) in [5.41, 5.74) is 0. The van der Waals surface area contributed by atoms with Gasteiger partial charge in [-0.1, -0.05) is 11.7 Å². The Morgan fingerprint density at radius 3 is 2.00 bits per heavy atom. The highest BCUT2D eigenvalue weighted by molar-refractivity contribution is 8.67. The van der Waals surface area contributed by atoms with E-state index in [9.17, 15) is 4.57 Å². The number of phosphoric acid groups is 1. The van der Waals surface area contributed by atoms with Gasteiger partial charge in [0.2, 0.25) is 0 Å². The minimum absolute atomic E-state index is 0.639. The molecule has 0 N–H and O–H groups in total. The van der Waals surface area contributed by atoms with Crippen molar-refractivity contribution >= 4 is 30.6 Å². The second-order valence-corrected chi connectivity index (χ2v) is 3.78. The van der Waals surface area contributed by atoms with E-state index in [0.29, 0.717) is 11.1 Å². The van der Waals surface area contributed by atoms with Gasteiger partial charge in [0.15, 0.2) is 0 Å². The zero-order chi connectivity index (χ0) is 7.33. The molecule has 0 aliphatic carbocycles. The number of hydrogen-bond acceptors (Lipinski definition) is 6. The minimum Gasteiger partial charge on any atom is -0.290 e. The van der Waals surface area contributed by atoms with Gasteiger partial charge in [0.1, 0.15) is 0 Å².